The minimum atomic E-state index is -0.461. The van der Waals surface area contributed by atoms with Crippen LogP contribution in [-0.4, -0.2) is 20.3 Å². The van der Waals surface area contributed by atoms with Gasteiger partial charge in [0, 0.05) is 6.42 Å². The molecule has 2 aromatic heterocycles. The third kappa shape index (κ3) is 3.14. The fourth-order valence-corrected chi connectivity index (χ4v) is 2.26. The molecule has 0 aliphatic carbocycles. The number of benzene rings is 2. The summed E-state index contributed by atoms with van der Waals surface area (Å²) >= 11 is 0. The van der Waals surface area contributed by atoms with Gasteiger partial charge in [-0.3, -0.25) is 0 Å². The molecule has 124 valence electrons. The van der Waals surface area contributed by atoms with Gasteiger partial charge in [-0.25, -0.2) is 8.78 Å². The molecule has 0 bridgehead atoms. The summed E-state index contributed by atoms with van der Waals surface area (Å²) in [5.74, 6) is -0.275. The van der Waals surface area contributed by atoms with Gasteiger partial charge in [0.2, 0.25) is 5.82 Å². The van der Waals surface area contributed by atoms with Crippen LogP contribution < -0.4 is 0 Å². The highest BCUT2D eigenvalue weighted by Crippen LogP contribution is 2.23. The van der Waals surface area contributed by atoms with Gasteiger partial charge >= 0.3 is 11.8 Å². The Balaban J connectivity index is 1.56. The Morgan fingerprint density at radius 1 is 0.800 bits per heavy atom. The summed E-state index contributed by atoms with van der Waals surface area (Å²) in [7, 11) is 0. The molecule has 2 heterocycles. The first kappa shape index (κ1) is 15.1. The zero-order valence-corrected chi connectivity index (χ0v) is 12.7. The van der Waals surface area contributed by atoms with E-state index in [2.05, 4.69) is 20.3 Å². The summed E-state index contributed by atoms with van der Waals surface area (Å²) < 4.78 is 36.8. The maximum Gasteiger partial charge on any atom is 0.316 e. The lowest BCUT2D eigenvalue weighted by Crippen LogP contribution is -1.91. The molecule has 0 fully saturated rings. The Morgan fingerprint density at radius 2 is 1.52 bits per heavy atom. The number of hydrogen-bond acceptors (Lipinski definition) is 6. The zero-order chi connectivity index (χ0) is 17.2. The van der Waals surface area contributed by atoms with E-state index in [1.165, 1.54) is 24.3 Å². The van der Waals surface area contributed by atoms with E-state index < -0.39 is 5.82 Å². The summed E-state index contributed by atoms with van der Waals surface area (Å²) in [6.07, 6.45) is 0.359. The Bertz CT molecular complexity index is 1010. The second-order valence-corrected chi connectivity index (χ2v) is 5.22. The second kappa shape index (κ2) is 6.23. The lowest BCUT2D eigenvalue weighted by molar-refractivity contribution is 0.380. The molecule has 0 aliphatic rings. The van der Waals surface area contributed by atoms with Crippen LogP contribution in [0.3, 0.4) is 0 Å². The first-order valence-electron chi connectivity index (χ1n) is 7.35. The number of hydrogen-bond donors (Lipinski definition) is 0. The van der Waals surface area contributed by atoms with Crippen molar-refractivity contribution >= 4 is 0 Å². The third-order valence-corrected chi connectivity index (χ3v) is 3.47. The van der Waals surface area contributed by atoms with E-state index in [-0.39, 0.29) is 29.0 Å². The van der Waals surface area contributed by atoms with Gasteiger partial charge in [-0.1, -0.05) is 34.6 Å². The average Bonchev–Trinajstić information content (AvgIpc) is 3.27. The van der Waals surface area contributed by atoms with E-state index in [1.54, 1.807) is 24.3 Å². The summed E-state index contributed by atoms with van der Waals surface area (Å²) in [5.41, 5.74) is 1.04. The lowest BCUT2D eigenvalue weighted by atomic mass is 10.1. The molecule has 0 amide bonds. The van der Waals surface area contributed by atoms with E-state index in [0.717, 1.165) is 5.56 Å². The smallest absolute Gasteiger partial charge is 0.316 e. The van der Waals surface area contributed by atoms with Gasteiger partial charge in [-0.15, -0.1) is 0 Å². The summed E-state index contributed by atoms with van der Waals surface area (Å²) in [6.45, 7) is 0. The van der Waals surface area contributed by atoms with Gasteiger partial charge in [0.1, 0.15) is 11.6 Å². The molecule has 0 spiro atoms. The van der Waals surface area contributed by atoms with Crippen molar-refractivity contribution in [3.63, 3.8) is 0 Å². The first-order valence-corrected chi connectivity index (χ1v) is 7.35. The van der Waals surface area contributed by atoms with E-state index in [1.807, 2.05) is 0 Å². The van der Waals surface area contributed by atoms with E-state index in [0.29, 0.717) is 12.2 Å². The Morgan fingerprint density at radius 3 is 2.32 bits per heavy atom. The van der Waals surface area contributed by atoms with Gasteiger partial charge in [-0.05, 0) is 29.8 Å². The minimum Gasteiger partial charge on any atom is -0.329 e. The fraction of sp³-hybridized carbons (Fsp3) is 0.0588. The fourth-order valence-electron chi connectivity index (χ4n) is 2.26. The monoisotopic (exact) mass is 340 g/mol. The van der Waals surface area contributed by atoms with Crippen LogP contribution >= 0.6 is 0 Å². The van der Waals surface area contributed by atoms with Gasteiger partial charge < -0.3 is 9.05 Å². The minimum absolute atomic E-state index is 0.00360. The van der Waals surface area contributed by atoms with Crippen LogP contribution in [-0.2, 0) is 6.42 Å². The zero-order valence-electron chi connectivity index (χ0n) is 12.7. The number of rotatable bonds is 4. The molecule has 4 aromatic rings. The van der Waals surface area contributed by atoms with Crippen molar-refractivity contribution in [1.29, 1.82) is 0 Å². The molecule has 6 nitrogen and oxygen atoms in total. The van der Waals surface area contributed by atoms with Crippen LogP contribution in [0.15, 0.2) is 57.6 Å². The highest BCUT2D eigenvalue weighted by Gasteiger charge is 2.18. The Labute approximate surface area is 140 Å². The molecule has 0 radical (unpaired) electrons. The Hall–Kier alpha value is -3.42. The molecule has 0 atom stereocenters. The number of aromatic nitrogens is 4. The standard InChI is InChI=1S/C17H10F2N4O2/c18-11-7-5-10(6-8-11)9-14-20-16(24-22-14)17-21-15(23-25-17)12-3-1-2-4-13(12)19/h1-8H,9H2. The van der Waals surface area contributed by atoms with Crippen molar-refractivity contribution in [2.24, 2.45) is 0 Å². The summed E-state index contributed by atoms with van der Waals surface area (Å²) in [4.78, 5) is 8.25. The largest absolute Gasteiger partial charge is 0.329 e. The Kier molecular flexibility index (Phi) is 3.77. The maximum absolute atomic E-state index is 13.8. The predicted octanol–water partition coefficient (Wildman–Crippen LogP) is 3.66. The normalized spacial score (nSPS) is 11.0. The van der Waals surface area contributed by atoms with Crippen molar-refractivity contribution in [2.75, 3.05) is 0 Å². The van der Waals surface area contributed by atoms with Crippen LogP contribution in [0.2, 0.25) is 0 Å². The molecule has 0 N–H and O–H groups in total. The molecule has 0 saturated heterocycles. The topological polar surface area (TPSA) is 77.8 Å². The van der Waals surface area contributed by atoms with Crippen LogP contribution in [0.5, 0.6) is 0 Å². The maximum atomic E-state index is 13.8. The van der Waals surface area contributed by atoms with Crippen LogP contribution in [0.25, 0.3) is 23.2 Å². The van der Waals surface area contributed by atoms with E-state index in [9.17, 15) is 8.78 Å². The quantitative estimate of drug-likeness (QED) is 0.564. The van der Waals surface area contributed by atoms with Crippen molar-refractivity contribution in [2.45, 2.75) is 6.42 Å². The molecule has 0 saturated carbocycles. The molecule has 0 aliphatic heterocycles. The van der Waals surface area contributed by atoms with Gasteiger partial charge in [-0.2, -0.15) is 9.97 Å². The van der Waals surface area contributed by atoms with Crippen LogP contribution in [0, 0.1) is 11.6 Å². The third-order valence-electron chi connectivity index (χ3n) is 3.47. The van der Waals surface area contributed by atoms with E-state index in [4.69, 9.17) is 9.05 Å². The van der Waals surface area contributed by atoms with Crippen molar-refractivity contribution in [1.82, 2.24) is 20.3 Å². The van der Waals surface area contributed by atoms with Crippen molar-refractivity contribution in [3.8, 4) is 23.2 Å². The lowest BCUT2D eigenvalue weighted by Gasteiger charge is -1.95. The predicted molar refractivity (Wildman–Crippen MR) is 82.2 cm³/mol. The number of halogens is 2. The molecule has 25 heavy (non-hydrogen) atoms. The highest BCUT2D eigenvalue weighted by molar-refractivity contribution is 5.57. The molecule has 2 aromatic carbocycles. The van der Waals surface area contributed by atoms with Gasteiger partial charge in [0.25, 0.3) is 0 Å². The van der Waals surface area contributed by atoms with Crippen molar-refractivity contribution in [3.05, 3.63) is 71.6 Å². The van der Waals surface area contributed by atoms with Crippen molar-refractivity contribution < 1.29 is 17.8 Å². The second-order valence-electron chi connectivity index (χ2n) is 5.22. The molecule has 8 heteroatoms. The number of nitrogens with zero attached hydrogens (tertiary/aromatic N) is 4. The van der Waals surface area contributed by atoms with Crippen LogP contribution in [0.4, 0.5) is 8.78 Å². The highest BCUT2D eigenvalue weighted by atomic mass is 19.1. The molecular weight excluding hydrogens is 330 g/mol. The summed E-state index contributed by atoms with van der Waals surface area (Å²) in [6, 6.07) is 12.1. The summed E-state index contributed by atoms with van der Waals surface area (Å²) in [5, 5.41) is 7.56. The van der Waals surface area contributed by atoms with Gasteiger partial charge in [0.15, 0.2) is 5.82 Å². The first-order chi connectivity index (χ1) is 12.2. The molecule has 0 unspecified atom stereocenters. The SMILES string of the molecule is Fc1ccc(Cc2noc(-c3nc(-c4ccccc4F)no3)n2)cc1. The van der Waals surface area contributed by atoms with E-state index >= 15 is 0 Å². The van der Waals surface area contributed by atoms with Crippen LogP contribution in [0.1, 0.15) is 11.4 Å². The van der Waals surface area contributed by atoms with Gasteiger partial charge in [0.05, 0.1) is 5.56 Å². The average molecular weight is 340 g/mol. The molecular formula is C17H10F2N4O2. The molecule has 4 rings (SSSR count).